The van der Waals surface area contributed by atoms with E-state index < -0.39 is 5.97 Å². The van der Waals surface area contributed by atoms with Crippen molar-refractivity contribution in [2.75, 3.05) is 7.11 Å². The second kappa shape index (κ2) is 9.13. The first-order chi connectivity index (χ1) is 16.6. The van der Waals surface area contributed by atoms with Crippen LogP contribution in [0.1, 0.15) is 59.8 Å². The number of rotatable bonds is 6. The molecule has 2 aromatic heterocycles. The summed E-state index contributed by atoms with van der Waals surface area (Å²) in [6.45, 7) is 0.492. The van der Waals surface area contributed by atoms with Gasteiger partial charge in [0.15, 0.2) is 5.52 Å². The van der Waals surface area contributed by atoms with Crippen LogP contribution in [0.2, 0.25) is 0 Å². The van der Waals surface area contributed by atoms with Gasteiger partial charge in [-0.2, -0.15) is 0 Å². The zero-order chi connectivity index (χ0) is 23.7. The lowest BCUT2D eigenvalue weighted by Crippen LogP contribution is -2.13. The van der Waals surface area contributed by atoms with Gasteiger partial charge < -0.3 is 19.5 Å². The van der Waals surface area contributed by atoms with E-state index >= 15 is 0 Å². The minimum Gasteiger partial charge on any atom is -0.491 e. The standard InChI is InChI=1S/C26H26N4O4/c1-34-25-21-22(24(31)28-29-25)30(23(27-21)18-7-3-2-4-8-18)15-16-11-13-17(14-12-16)19-9-5-6-10-20(19)26(32)33/h5-6,9-14,18H,2-4,7-8,15H2,1H3,(H,28,31)(H,32,33). The van der Waals surface area contributed by atoms with E-state index in [1.54, 1.807) is 12.1 Å². The molecule has 0 spiro atoms. The smallest absolute Gasteiger partial charge is 0.336 e. The molecule has 1 fully saturated rings. The highest BCUT2D eigenvalue weighted by atomic mass is 16.5. The Labute approximate surface area is 196 Å². The maximum absolute atomic E-state index is 11.6. The molecule has 174 valence electrons. The van der Waals surface area contributed by atoms with Gasteiger partial charge >= 0.3 is 5.97 Å². The van der Waals surface area contributed by atoms with Crippen molar-refractivity contribution in [3.05, 3.63) is 65.5 Å². The number of carboxylic acids is 1. The van der Waals surface area contributed by atoms with Crippen molar-refractivity contribution in [2.24, 2.45) is 0 Å². The molecule has 34 heavy (non-hydrogen) atoms. The number of fused-ring (bicyclic) bond motifs is 1. The molecule has 1 saturated carbocycles. The summed E-state index contributed by atoms with van der Waals surface area (Å²) < 4.78 is 7.40. The fourth-order valence-electron chi connectivity index (χ4n) is 4.90. The number of aromatic carboxylic acids is 1. The van der Waals surface area contributed by atoms with Gasteiger partial charge in [0.2, 0.25) is 0 Å². The van der Waals surface area contributed by atoms with E-state index in [-0.39, 0.29) is 11.4 Å². The number of carbonyl (C=O) groups is 1. The normalized spacial score (nSPS) is 14.4. The van der Waals surface area contributed by atoms with Gasteiger partial charge in [-0.25, -0.2) is 9.78 Å². The summed E-state index contributed by atoms with van der Waals surface area (Å²) in [5.41, 5.74) is 3.82. The molecule has 2 aromatic carbocycles. The van der Waals surface area contributed by atoms with E-state index in [0.717, 1.165) is 42.6 Å². The zero-order valence-corrected chi connectivity index (χ0v) is 18.9. The third kappa shape index (κ3) is 3.96. The second-order valence-electron chi connectivity index (χ2n) is 8.67. The van der Waals surface area contributed by atoms with Crippen molar-refractivity contribution in [1.29, 1.82) is 0 Å². The number of nitrogens with zero attached hydrogens (tertiary/aromatic N) is 4. The Bertz CT molecular complexity index is 1340. The predicted molar refractivity (Wildman–Crippen MR) is 127 cm³/mol. The van der Waals surface area contributed by atoms with Crippen LogP contribution in [-0.2, 0) is 6.54 Å². The lowest BCUT2D eigenvalue weighted by atomic mass is 9.88. The molecule has 0 amide bonds. The molecule has 0 saturated heterocycles. The number of ether oxygens (including phenoxy) is 1. The summed E-state index contributed by atoms with van der Waals surface area (Å²) in [5, 5.41) is 27.9. The molecule has 2 heterocycles. The van der Waals surface area contributed by atoms with Gasteiger partial charge in [0.1, 0.15) is 11.3 Å². The molecule has 5 rings (SSSR count). The number of imidazole rings is 1. The molecule has 8 nitrogen and oxygen atoms in total. The molecule has 1 aliphatic rings. The van der Waals surface area contributed by atoms with E-state index in [1.165, 1.54) is 13.5 Å². The average Bonchev–Trinajstić information content (AvgIpc) is 3.25. The first-order valence-corrected chi connectivity index (χ1v) is 11.5. The van der Waals surface area contributed by atoms with Crippen LogP contribution in [0.15, 0.2) is 48.5 Å². The van der Waals surface area contributed by atoms with Crippen molar-refractivity contribution in [3.63, 3.8) is 0 Å². The van der Waals surface area contributed by atoms with Gasteiger partial charge in [-0.3, -0.25) is 0 Å². The summed E-state index contributed by atoms with van der Waals surface area (Å²) in [6, 6.07) is 14.8. The number of carboxylic acid groups (broad SMARTS) is 1. The molecule has 1 aliphatic carbocycles. The minimum atomic E-state index is -0.952. The highest BCUT2D eigenvalue weighted by Crippen LogP contribution is 2.37. The molecular weight excluding hydrogens is 432 g/mol. The number of aromatic hydroxyl groups is 1. The number of hydrogen-bond donors (Lipinski definition) is 2. The Hall–Kier alpha value is -3.94. The minimum absolute atomic E-state index is 0.169. The van der Waals surface area contributed by atoms with Crippen LogP contribution in [0, 0.1) is 0 Å². The predicted octanol–water partition coefficient (Wildman–Crippen LogP) is 5.00. The summed E-state index contributed by atoms with van der Waals surface area (Å²) in [7, 11) is 1.52. The number of benzene rings is 2. The van der Waals surface area contributed by atoms with Gasteiger partial charge in [-0.1, -0.05) is 61.7 Å². The van der Waals surface area contributed by atoms with Crippen LogP contribution < -0.4 is 4.74 Å². The van der Waals surface area contributed by atoms with Crippen LogP contribution in [0.5, 0.6) is 11.8 Å². The maximum atomic E-state index is 11.6. The Balaban J connectivity index is 1.55. The Morgan fingerprint density at radius 1 is 1.06 bits per heavy atom. The maximum Gasteiger partial charge on any atom is 0.336 e. The Morgan fingerprint density at radius 3 is 2.50 bits per heavy atom. The first kappa shape index (κ1) is 21.9. The SMILES string of the molecule is COc1nnc(O)c2c1nc(C1CCCCC1)n2Cc1ccc(-c2ccccc2C(=O)O)cc1. The Kier molecular flexibility index (Phi) is 5.88. The van der Waals surface area contributed by atoms with E-state index in [4.69, 9.17) is 9.72 Å². The molecule has 4 aromatic rings. The third-order valence-corrected chi connectivity index (χ3v) is 6.57. The quantitative estimate of drug-likeness (QED) is 0.418. The first-order valence-electron chi connectivity index (χ1n) is 11.5. The topological polar surface area (TPSA) is 110 Å². The van der Waals surface area contributed by atoms with Gasteiger partial charge in [-0.05, 0) is 35.6 Å². The summed E-state index contributed by atoms with van der Waals surface area (Å²) in [4.78, 5) is 16.5. The molecule has 0 bridgehead atoms. The van der Waals surface area contributed by atoms with E-state index in [2.05, 4.69) is 10.2 Å². The van der Waals surface area contributed by atoms with E-state index in [9.17, 15) is 15.0 Å². The van der Waals surface area contributed by atoms with Gasteiger partial charge in [-0.15, -0.1) is 10.2 Å². The molecule has 2 N–H and O–H groups in total. The van der Waals surface area contributed by atoms with Crippen molar-refractivity contribution in [2.45, 2.75) is 44.6 Å². The van der Waals surface area contributed by atoms with Crippen molar-refractivity contribution in [1.82, 2.24) is 19.7 Å². The fourth-order valence-corrected chi connectivity index (χ4v) is 4.90. The largest absolute Gasteiger partial charge is 0.491 e. The van der Waals surface area contributed by atoms with Crippen LogP contribution >= 0.6 is 0 Å². The number of methoxy groups -OCH3 is 1. The van der Waals surface area contributed by atoms with Gasteiger partial charge in [0, 0.05) is 12.5 Å². The fraction of sp³-hybridized carbons (Fsp3) is 0.308. The van der Waals surface area contributed by atoms with Gasteiger partial charge in [0.05, 0.1) is 12.7 Å². The second-order valence-corrected chi connectivity index (χ2v) is 8.67. The lowest BCUT2D eigenvalue weighted by molar-refractivity contribution is 0.0697. The molecule has 0 radical (unpaired) electrons. The Morgan fingerprint density at radius 2 is 1.79 bits per heavy atom. The molecule has 8 heteroatoms. The van der Waals surface area contributed by atoms with Gasteiger partial charge in [0.25, 0.3) is 11.8 Å². The summed E-state index contributed by atoms with van der Waals surface area (Å²) in [6.07, 6.45) is 5.65. The van der Waals surface area contributed by atoms with Crippen LogP contribution in [0.4, 0.5) is 0 Å². The summed E-state index contributed by atoms with van der Waals surface area (Å²) >= 11 is 0. The third-order valence-electron chi connectivity index (χ3n) is 6.57. The monoisotopic (exact) mass is 458 g/mol. The summed E-state index contributed by atoms with van der Waals surface area (Å²) in [5.74, 6) is 0.388. The molecular formula is C26H26N4O4. The lowest BCUT2D eigenvalue weighted by Gasteiger charge is -2.22. The van der Waals surface area contributed by atoms with Crippen LogP contribution in [0.3, 0.4) is 0 Å². The average molecular weight is 459 g/mol. The van der Waals surface area contributed by atoms with E-state index in [0.29, 0.717) is 34.9 Å². The van der Waals surface area contributed by atoms with Crippen molar-refractivity contribution >= 4 is 17.0 Å². The molecule has 0 atom stereocenters. The molecule has 0 aliphatic heterocycles. The van der Waals surface area contributed by atoms with Crippen LogP contribution in [0.25, 0.3) is 22.2 Å². The van der Waals surface area contributed by atoms with Crippen LogP contribution in [-0.4, -0.2) is 43.0 Å². The number of aromatic nitrogens is 4. The highest BCUT2D eigenvalue weighted by Gasteiger charge is 2.26. The number of hydrogen-bond acceptors (Lipinski definition) is 6. The van der Waals surface area contributed by atoms with E-state index in [1.807, 2.05) is 41.0 Å². The van der Waals surface area contributed by atoms with Crippen molar-refractivity contribution < 1.29 is 19.7 Å². The zero-order valence-electron chi connectivity index (χ0n) is 18.9. The molecule has 0 unspecified atom stereocenters. The van der Waals surface area contributed by atoms with Crippen molar-refractivity contribution in [3.8, 4) is 22.9 Å². The highest BCUT2D eigenvalue weighted by molar-refractivity contribution is 5.96.